The minimum absolute atomic E-state index is 0.187. The van der Waals surface area contributed by atoms with Gasteiger partial charge in [0, 0.05) is 11.7 Å². The smallest absolute Gasteiger partial charge is 0.419 e. The van der Waals surface area contributed by atoms with Crippen molar-refractivity contribution in [3.05, 3.63) is 23.0 Å². The highest BCUT2D eigenvalue weighted by atomic mass is 19.4. The van der Waals surface area contributed by atoms with E-state index in [4.69, 9.17) is 5.11 Å². The molecule has 20 heavy (non-hydrogen) atoms. The monoisotopic (exact) mass is 303 g/mol. The number of alkyl halides is 6. The highest BCUT2D eigenvalue weighted by Gasteiger charge is 2.49. The van der Waals surface area contributed by atoms with Crippen LogP contribution in [0.5, 0.6) is 0 Å². The summed E-state index contributed by atoms with van der Waals surface area (Å²) < 4.78 is 77.1. The van der Waals surface area contributed by atoms with Crippen molar-refractivity contribution in [2.24, 2.45) is 0 Å². The highest BCUT2D eigenvalue weighted by Crippen LogP contribution is 2.44. The second-order valence-electron chi connectivity index (χ2n) is 5.11. The van der Waals surface area contributed by atoms with E-state index in [1.165, 1.54) is 20.8 Å². The van der Waals surface area contributed by atoms with E-state index < -0.39 is 40.7 Å². The molecule has 0 aliphatic carbocycles. The molecule has 1 rings (SSSR count). The van der Waals surface area contributed by atoms with Crippen LogP contribution in [0.3, 0.4) is 0 Å². The average molecular weight is 303 g/mol. The quantitative estimate of drug-likeness (QED) is 0.797. The Labute approximate surface area is 109 Å². The van der Waals surface area contributed by atoms with Crippen LogP contribution >= 0.6 is 0 Å². The number of aromatic nitrogens is 1. The average Bonchev–Trinajstić information content (AvgIpc) is 2.53. The third kappa shape index (κ3) is 2.91. The van der Waals surface area contributed by atoms with Gasteiger partial charge in [-0.1, -0.05) is 0 Å². The molecule has 1 aromatic heterocycles. The van der Waals surface area contributed by atoms with Crippen molar-refractivity contribution in [1.82, 2.24) is 4.57 Å². The number of aromatic carboxylic acids is 1. The number of halogens is 6. The topological polar surface area (TPSA) is 42.2 Å². The van der Waals surface area contributed by atoms with Crippen LogP contribution in [-0.2, 0) is 17.9 Å². The van der Waals surface area contributed by atoms with Crippen LogP contribution < -0.4 is 0 Å². The third-order valence-electron chi connectivity index (χ3n) is 2.52. The summed E-state index contributed by atoms with van der Waals surface area (Å²) in [6.45, 7) is 3.92. The van der Waals surface area contributed by atoms with Gasteiger partial charge in [-0.2, -0.15) is 26.3 Å². The molecule has 0 aromatic carbocycles. The molecule has 3 nitrogen and oxygen atoms in total. The zero-order valence-corrected chi connectivity index (χ0v) is 10.6. The lowest BCUT2D eigenvalue weighted by Crippen LogP contribution is -2.26. The Kier molecular flexibility index (Phi) is 3.62. The van der Waals surface area contributed by atoms with Gasteiger partial charge in [0.15, 0.2) is 0 Å². The van der Waals surface area contributed by atoms with Gasteiger partial charge in [0.1, 0.15) is 11.3 Å². The molecule has 0 saturated heterocycles. The zero-order chi connectivity index (χ0) is 16.1. The van der Waals surface area contributed by atoms with Gasteiger partial charge in [-0.15, -0.1) is 0 Å². The molecule has 0 amide bonds. The number of hydrogen-bond acceptors (Lipinski definition) is 1. The molecule has 0 bridgehead atoms. The number of carbonyl (C=O) groups is 1. The van der Waals surface area contributed by atoms with Crippen molar-refractivity contribution in [2.45, 2.75) is 38.7 Å². The van der Waals surface area contributed by atoms with Crippen LogP contribution in [0.15, 0.2) is 6.20 Å². The first-order valence-electron chi connectivity index (χ1n) is 5.31. The van der Waals surface area contributed by atoms with E-state index in [2.05, 4.69) is 0 Å². The number of hydrogen-bond donors (Lipinski definition) is 1. The maximum absolute atomic E-state index is 12.8. The molecule has 0 spiro atoms. The van der Waals surface area contributed by atoms with Gasteiger partial charge in [-0.3, -0.25) is 0 Å². The van der Waals surface area contributed by atoms with Crippen molar-refractivity contribution < 1.29 is 36.2 Å². The maximum Gasteiger partial charge on any atom is 0.419 e. The molecule has 1 heterocycles. The molecule has 9 heteroatoms. The van der Waals surface area contributed by atoms with Gasteiger partial charge < -0.3 is 9.67 Å². The third-order valence-corrected chi connectivity index (χ3v) is 2.52. The second kappa shape index (κ2) is 4.42. The number of carboxylic acid groups (broad SMARTS) is 1. The number of rotatable bonds is 1. The molecule has 0 atom stereocenters. The van der Waals surface area contributed by atoms with Crippen LogP contribution in [-0.4, -0.2) is 15.6 Å². The first-order valence-corrected chi connectivity index (χ1v) is 5.31. The van der Waals surface area contributed by atoms with Gasteiger partial charge in [0.25, 0.3) is 0 Å². The SMILES string of the molecule is CC(C)(C)n1cc(C(F)(F)F)c(C(F)(F)F)c1C(=O)O. The Balaban J connectivity index is 3.86. The Hall–Kier alpha value is -1.67. The normalized spacial score (nSPS) is 13.7. The van der Waals surface area contributed by atoms with E-state index in [1.54, 1.807) is 0 Å². The first-order chi connectivity index (χ1) is 8.67. The van der Waals surface area contributed by atoms with E-state index in [-0.39, 0.29) is 6.20 Å². The predicted octanol–water partition coefficient (Wildman–Crippen LogP) is 3.98. The standard InChI is InChI=1S/C11H11F6NO2/c1-9(2,3)18-4-5(10(12,13)14)6(11(15,16)17)7(18)8(19)20/h4H,1-3H3,(H,19,20). The fourth-order valence-corrected chi connectivity index (χ4v) is 1.75. The van der Waals surface area contributed by atoms with Crippen molar-refractivity contribution >= 4 is 5.97 Å². The predicted molar refractivity (Wildman–Crippen MR) is 56.4 cm³/mol. The lowest BCUT2D eigenvalue weighted by molar-refractivity contribution is -0.161. The molecule has 0 fully saturated rings. The molecule has 0 unspecified atom stereocenters. The summed E-state index contributed by atoms with van der Waals surface area (Å²) in [6, 6.07) is 0. The fourth-order valence-electron chi connectivity index (χ4n) is 1.75. The Morgan fingerprint density at radius 2 is 1.50 bits per heavy atom. The van der Waals surface area contributed by atoms with Gasteiger partial charge in [0.05, 0.1) is 5.56 Å². The summed E-state index contributed by atoms with van der Waals surface area (Å²) in [5.41, 5.74) is -6.85. The molecule has 1 aromatic rings. The largest absolute Gasteiger partial charge is 0.477 e. The number of carboxylic acids is 1. The first kappa shape index (κ1) is 16.4. The van der Waals surface area contributed by atoms with Crippen molar-refractivity contribution in [3.8, 4) is 0 Å². The zero-order valence-electron chi connectivity index (χ0n) is 10.6. The summed E-state index contributed by atoms with van der Waals surface area (Å²) in [6.07, 6.45) is -10.5. The molecule has 0 aliphatic heterocycles. The lowest BCUT2D eigenvalue weighted by Gasteiger charge is -2.23. The second-order valence-corrected chi connectivity index (χ2v) is 5.11. The maximum atomic E-state index is 12.8. The van der Waals surface area contributed by atoms with Crippen LogP contribution in [0.25, 0.3) is 0 Å². The van der Waals surface area contributed by atoms with Crippen molar-refractivity contribution in [1.29, 1.82) is 0 Å². The summed E-state index contributed by atoms with van der Waals surface area (Å²) in [5, 5.41) is 8.86. The minimum Gasteiger partial charge on any atom is -0.477 e. The molecule has 0 saturated carbocycles. The molecule has 0 aliphatic rings. The summed E-state index contributed by atoms with van der Waals surface area (Å²) >= 11 is 0. The van der Waals surface area contributed by atoms with Gasteiger partial charge >= 0.3 is 18.3 Å². The van der Waals surface area contributed by atoms with Gasteiger partial charge in [0.2, 0.25) is 0 Å². The molecular formula is C11H11F6NO2. The Morgan fingerprint density at radius 3 is 1.75 bits per heavy atom. The minimum atomic E-state index is -5.42. The lowest BCUT2D eigenvalue weighted by atomic mass is 10.1. The Bertz CT molecular complexity index is 533. The van der Waals surface area contributed by atoms with E-state index in [9.17, 15) is 31.1 Å². The van der Waals surface area contributed by atoms with E-state index >= 15 is 0 Å². The van der Waals surface area contributed by atoms with Crippen LogP contribution in [0.4, 0.5) is 26.3 Å². The molecule has 0 radical (unpaired) electrons. The van der Waals surface area contributed by atoms with E-state index in [1.807, 2.05) is 0 Å². The Morgan fingerprint density at radius 1 is 1.05 bits per heavy atom. The van der Waals surface area contributed by atoms with E-state index in [0.717, 1.165) is 0 Å². The molecule has 114 valence electrons. The summed E-state index contributed by atoms with van der Waals surface area (Å²) in [5.74, 6) is -2.07. The summed E-state index contributed by atoms with van der Waals surface area (Å²) in [4.78, 5) is 11.0. The van der Waals surface area contributed by atoms with Crippen molar-refractivity contribution in [2.75, 3.05) is 0 Å². The molecule has 1 N–H and O–H groups in total. The van der Waals surface area contributed by atoms with Crippen LogP contribution in [0.2, 0.25) is 0 Å². The van der Waals surface area contributed by atoms with Crippen LogP contribution in [0.1, 0.15) is 42.4 Å². The van der Waals surface area contributed by atoms with Gasteiger partial charge in [-0.25, -0.2) is 4.79 Å². The summed E-state index contributed by atoms with van der Waals surface area (Å²) in [7, 11) is 0. The highest BCUT2D eigenvalue weighted by molar-refractivity contribution is 5.89. The van der Waals surface area contributed by atoms with Crippen LogP contribution in [0, 0.1) is 0 Å². The fraction of sp³-hybridized carbons (Fsp3) is 0.545. The molecular weight excluding hydrogens is 292 g/mol. The number of nitrogens with zero attached hydrogens (tertiary/aromatic N) is 1. The van der Waals surface area contributed by atoms with E-state index in [0.29, 0.717) is 4.57 Å². The van der Waals surface area contributed by atoms with Crippen molar-refractivity contribution in [3.63, 3.8) is 0 Å². The van der Waals surface area contributed by atoms with Gasteiger partial charge in [-0.05, 0) is 20.8 Å².